The first-order chi connectivity index (χ1) is 12.8. The molecule has 0 saturated heterocycles. The number of hydrogen-bond donors (Lipinski definition) is 2. The van der Waals surface area contributed by atoms with E-state index in [1.165, 1.54) is 0 Å². The van der Waals surface area contributed by atoms with Crippen LogP contribution in [0.4, 0.5) is 11.9 Å². The van der Waals surface area contributed by atoms with Crippen molar-refractivity contribution in [1.82, 2.24) is 24.7 Å². The molecule has 0 aliphatic rings. The van der Waals surface area contributed by atoms with Crippen LogP contribution in [0.15, 0.2) is 24.3 Å². The van der Waals surface area contributed by atoms with Gasteiger partial charge in [0, 0.05) is 0 Å². The molecule has 0 atom stereocenters. The van der Waals surface area contributed by atoms with Crippen LogP contribution in [0.3, 0.4) is 0 Å². The molecule has 140 valence electrons. The monoisotopic (exact) mass is 387 g/mol. The van der Waals surface area contributed by atoms with Crippen LogP contribution >= 0.6 is 11.6 Å². The standard InChI is InChI=1S/C17H18ClN7O2/c1-9-3-5-11(6-4-9)7-25-14(18)13(10(2)24-25)15(26)27-8-12-21-16(19)23-17(20)22-12/h3-6H,7-8H2,1-2H3,(H4,19,20,21,22,23). The molecule has 0 saturated carbocycles. The smallest absolute Gasteiger partial charge is 0.343 e. The number of nitrogens with two attached hydrogens (primary N) is 2. The molecule has 0 bridgehead atoms. The van der Waals surface area contributed by atoms with Crippen molar-refractivity contribution in [2.45, 2.75) is 27.0 Å². The molecule has 0 spiro atoms. The Balaban J connectivity index is 1.74. The van der Waals surface area contributed by atoms with Gasteiger partial charge in [0.25, 0.3) is 0 Å². The van der Waals surface area contributed by atoms with Gasteiger partial charge in [0.05, 0.1) is 12.2 Å². The second-order valence-electron chi connectivity index (χ2n) is 5.94. The Morgan fingerprint density at radius 2 is 1.74 bits per heavy atom. The molecule has 9 nitrogen and oxygen atoms in total. The van der Waals surface area contributed by atoms with Crippen molar-refractivity contribution < 1.29 is 9.53 Å². The van der Waals surface area contributed by atoms with Crippen molar-refractivity contribution in [2.24, 2.45) is 0 Å². The molecule has 0 aliphatic heterocycles. The van der Waals surface area contributed by atoms with Gasteiger partial charge >= 0.3 is 5.97 Å². The molecule has 3 rings (SSSR count). The van der Waals surface area contributed by atoms with E-state index in [0.717, 1.165) is 11.1 Å². The van der Waals surface area contributed by atoms with E-state index in [4.69, 9.17) is 27.8 Å². The minimum absolute atomic E-state index is 0.0475. The SMILES string of the molecule is Cc1ccc(Cn2nc(C)c(C(=O)OCc3nc(N)nc(N)n3)c2Cl)cc1. The average molecular weight is 388 g/mol. The van der Waals surface area contributed by atoms with E-state index in [0.29, 0.717) is 12.2 Å². The van der Waals surface area contributed by atoms with Gasteiger partial charge < -0.3 is 16.2 Å². The Morgan fingerprint density at radius 1 is 1.11 bits per heavy atom. The van der Waals surface area contributed by atoms with E-state index in [9.17, 15) is 4.79 Å². The van der Waals surface area contributed by atoms with Crippen LogP contribution in [0.5, 0.6) is 0 Å². The molecule has 3 aromatic rings. The number of aryl methyl sites for hydroxylation is 2. The van der Waals surface area contributed by atoms with E-state index in [1.807, 2.05) is 31.2 Å². The molecular formula is C17H18ClN7O2. The van der Waals surface area contributed by atoms with Crippen LogP contribution in [-0.4, -0.2) is 30.7 Å². The Labute approximate surface area is 160 Å². The number of hydrogen-bond acceptors (Lipinski definition) is 8. The van der Waals surface area contributed by atoms with Gasteiger partial charge in [0.15, 0.2) is 12.4 Å². The Hall–Kier alpha value is -3.20. The summed E-state index contributed by atoms with van der Waals surface area (Å²) in [6, 6.07) is 7.97. The van der Waals surface area contributed by atoms with Crippen molar-refractivity contribution in [3.63, 3.8) is 0 Å². The summed E-state index contributed by atoms with van der Waals surface area (Å²) in [5.74, 6) is -0.582. The lowest BCUT2D eigenvalue weighted by Gasteiger charge is -2.06. The van der Waals surface area contributed by atoms with E-state index >= 15 is 0 Å². The number of esters is 1. The molecule has 2 heterocycles. The number of anilines is 2. The van der Waals surface area contributed by atoms with Crippen LogP contribution < -0.4 is 11.5 Å². The van der Waals surface area contributed by atoms with Crippen LogP contribution in [0, 0.1) is 13.8 Å². The fourth-order valence-electron chi connectivity index (χ4n) is 2.48. The molecule has 1 aromatic carbocycles. The minimum Gasteiger partial charge on any atom is -0.454 e. The minimum atomic E-state index is -0.634. The molecule has 27 heavy (non-hydrogen) atoms. The highest BCUT2D eigenvalue weighted by atomic mass is 35.5. The van der Waals surface area contributed by atoms with Crippen molar-refractivity contribution in [1.29, 1.82) is 0 Å². The summed E-state index contributed by atoms with van der Waals surface area (Å²) in [5.41, 5.74) is 13.8. The zero-order valence-electron chi connectivity index (χ0n) is 14.8. The summed E-state index contributed by atoms with van der Waals surface area (Å²) in [6.07, 6.45) is 0. The van der Waals surface area contributed by atoms with Crippen molar-refractivity contribution in [3.05, 3.63) is 57.6 Å². The predicted octanol–water partition coefficient (Wildman–Crippen LogP) is 1.91. The fourth-order valence-corrected chi connectivity index (χ4v) is 2.79. The first kappa shape index (κ1) is 18.6. The molecule has 0 aliphatic carbocycles. The number of ether oxygens (including phenoxy) is 1. The van der Waals surface area contributed by atoms with E-state index < -0.39 is 5.97 Å². The maximum Gasteiger partial charge on any atom is 0.343 e. The third-order valence-corrected chi connectivity index (χ3v) is 4.16. The summed E-state index contributed by atoms with van der Waals surface area (Å²) in [5, 5.41) is 4.54. The molecule has 0 unspecified atom stereocenters. The van der Waals surface area contributed by atoms with Gasteiger partial charge in [-0.15, -0.1) is 0 Å². The summed E-state index contributed by atoms with van der Waals surface area (Å²) in [7, 11) is 0. The molecule has 10 heteroatoms. The zero-order chi connectivity index (χ0) is 19.6. The van der Waals surface area contributed by atoms with E-state index in [1.54, 1.807) is 11.6 Å². The number of rotatable bonds is 5. The van der Waals surface area contributed by atoms with E-state index in [-0.39, 0.29) is 35.0 Å². The van der Waals surface area contributed by atoms with Gasteiger partial charge in [-0.3, -0.25) is 0 Å². The molecule has 0 amide bonds. The lowest BCUT2D eigenvalue weighted by molar-refractivity contribution is 0.0461. The predicted molar refractivity (Wildman–Crippen MR) is 100 cm³/mol. The summed E-state index contributed by atoms with van der Waals surface area (Å²) in [4.78, 5) is 23.8. The van der Waals surface area contributed by atoms with Gasteiger partial charge in [-0.2, -0.15) is 20.1 Å². The lowest BCUT2D eigenvalue weighted by Crippen LogP contribution is -2.12. The quantitative estimate of drug-likeness (QED) is 0.633. The molecule has 4 N–H and O–H groups in total. The molecule has 0 fully saturated rings. The van der Waals surface area contributed by atoms with Gasteiger partial charge in [-0.05, 0) is 19.4 Å². The number of halogens is 1. The Morgan fingerprint density at radius 3 is 2.37 bits per heavy atom. The number of benzene rings is 1. The third-order valence-electron chi connectivity index (χ3n) is 3.77. The van der Waals surface area contributed by atoms with Crippen LogP contribution in [0.25, 0.3) is 0 Å². The van der Waals surface area contributed by atoms with Gasteiger partial charge in [0.2, 0.25) is 11.9 Å². The second kappa shape index (κ2) is 7.58. The van der Waals surface area contributed by atoms with Gasteiger partial charge in [-0.1, -0.05) is 41.4 Å². The Bertz CT molecular complexity index is 965. The van der Waals surface area contributed by atoms with Gasteiger partial charge in [-0.25, -0.2) is 9.48 Å². The summed E-state index contributed by atoms with van der Waals surface area (Å²) in [6.45, 7) is 3.92. The van der Waals surface area contributed by atoms with Crippen molar-refractivity contribution in [3.8, 4) is 0 Å². The van der Waals surface area contributed by atoms with Crippen LogP contribution in [0.1, 0.15) is 33.0 Å². The first-order valence-corrected chi connectivity index (χ1v) is 8.42. The first-order valence-electron chi connectivity index (χ1n) is 8.05. The normalized spacial score (nSPS) is 10.8. The Kier molecular flexibility index (Phi) is 5.22. The average Bonchev–Trinajstić information content (AvgIpc) is 2.88. The lowest BCUT2D eigenvalue weighted by atomic mass is 10.1. The van der Waals surface area contributed by atoms with Gasteiger partial charge in [0.1, 0.15) is 10.7 Å². The number of aromatic nitrogens is 5. The highest BCUT2D eigenvalue weighted by molar-refractivity contribution is 6.32. The summed E-state index contributed by atoms with van der Waals surface area (Å²) >= 11 is 6.36. The van der Waals surface area contributed by atoms with Crippen LogP contribution in [-0.2, 0) is 17.9 Å². The maximum absolute atomic E-state index is 12.4. The summed E-state index contributed by atoms with van der Waals surface area (Å²) < 4.78 is 6.78. The van der Waals surface area contributed by atoms with Crippen molar-refractivity contribution >= 4 is 29.5 Å². The maximum atomic E-state index is 12.4. The third kappa shape index (κ3) is 4.32. The number of carbonyl (C=O) groups excluding carboxylic acids is 1. The molecular weight excluding hydrogens is 370 g/mol. The zero-order valence-corrected chi connectivity index (χ0v) is 15.6. The fraction of sp³-hybridized carbons (Fsp3) is 0.235. The highest BCUT2D eigenvalue weighted by Crippen LogP contribution is 2.22. The topological polar surface area (TPSA) is 135 Å². The largest absolute Gasteiger partial charge is 0.454 e. The second-order valence-corrected chi connectivity index (χ2v) is 6.30. The number of carbonyl (C=O) groups is 1. The molecule has 2 aromatic heterocycles. The van der Waals surface area contributed by atoms with E-state index in [2.05, 4.69) is 20.1 Å². The number of nitrogens with zero attached hydrogens (tertiary/aromatic N) is 5. The van der Waals surface area contributed by atoms with Crippen molar-refractivity contribution in [2.75, 3.05) is 11.5 Å². The number of nitrogen functional groups attached to an aromatic ring is 2. The van der Waals surface area contributed by atoms with Crippen LogP contribution in [0.2, 0.25) is 5.15 Å². The molecule has 0 radical (unpaired) electrons. The highest BCUT2D eigenvalue weighted by Gasteiger charge is 2.22.